The highest BCUT2D eigenvalue weighted by molar-refractivity contribution is 6.31. The second kappa shape index (κ2) is 4.98. The highest BCUT2D eigenvalue weighted by atomic mass is 35.5. The third-order valence-electron chi connectivity index (χ3n) is 3.19. The molecule has 2 atom stereocenters. The normalized spacial score (nSPS) is 25.8. The molecule has 1 aromatic rings. The fourth-order valence-electron chi connectivity index (χ4n) is 2.32. The molecule has 0 aliphatic heterocycles. The maximum atomic E-state index is 12.1. The second-order valence-electron chi connectivity index (χ2n) is 4.13. The number of Topliss-reactive ketones (excluding diaryl/α,β-unsaturated/α-hetero) is 1. The lowest BCUT2D eigenvalue weighted by Crippen LogP contribution is -2.32. The van der Waals surface area contributed by atoms with E-state index >= 15 is 0 Å². The van der Waals surface area contributed by atoms with Crippen molar-refractivity contribution in [3.63, 3.8) is 0 Å². The van der Waals surface area contributed by atoms with E-state index in [1.807, 2.05) is 24.3 Å². The van der Waals surface area contributed by atoms with Gasteiger partial charge in [-0.1, -0.05) is 29.8 Å². The van der Waals surface area contributed by atoms with Gasteiger partial charge in [0.2, 0.25) is 0 Å². The van der Waals surface area contributed by atoms with Gasteiger partial charge in [0, 0.05) is 18.1 Å². The third-order valence-corrected chi connectivity index (χ3v) is 3.53. The molecular weight excluding hydrogens is 224 g/mol. The molecule has 1 saturated carbocycles. The van der Waals surface area contributed by atoms with E-state index in [0.717, 1.165) is 24.8 Å². The van der Waals surface area contributed by atoms with Gasteiger partial charge < -0.3 is 4.74 Å². The number of benzene rings is 1. The molecule has 16 heavy (non-hydrogen) atoms. The Morgan fingerprint density at radius 3 is 2.75 bits per heavy atom. The lowest BCUT2D eigenvalue weighted by atomic mass is 9.81. The Kier molecular flexibility index (Phi) is 3.62. The van der Waals surface area contributed by atoms with Crippen LogP contribution in [0.2, 0.25) is 5.02 Å². The summed E-state index contributed by atoms with van der Waals surface area (Å²) in [6.07, 6.45) is 2.47. The molecular formula is C13H15ClO2. The lowest BCUT2D eigenvalue weighted by molar-refractivity contribution is -0.133. The molecule has 1 aliphatic carbocycles. The van der Waals surface area contributed by atoms with Crippen molar-refractivity contribution in [3.8, 4) is 0 Å². The highest BCUT2D eigenvalue weighted by Gasteiger charge is 2.32. The second-order valence-corrected chi connectivity index (χ2v) is 4.54. The monoisotopic (exact) mass is 238 g/mol. The van der Waals surface area contributed by atoms with Gasteiger partial charge in [0.1, 0.15) is 6.10 Å². The molecule has 86 valence electrons. The zero-order chi connectivity index (χ0) is 11.5. The maximum Gasteiger partial charge on any atom is 0.169 e. The summed E-state index contributed by atoms with van der Waals surface area (Å²) >= 11 is 6.12. The summed E-state index contributed by atoms with van der Waals surface area (Å²) < 4.78 is 5.20. The minimum absolute atomic E-state index is 0.0904. The number of carbonyl (C=O) groups excluding carboxylic acids is 1. The van der Waals surface area contributed by atoms with Crippen molar-refractivity contribution in [1.82, 2.24) is 0 Å². The Morgan fingerprint density at radius 2 is 2.06 bits per heavy atom. The number of ether oxygens (including phenoxy) is 1. The molecule has 1 aliphatic rings. The van der Waals surface area contributed by atoms with Crippen molar-refractivity contribution < 1.29 is 9.53 Å². The quantitative estimate of drug-likeness (QED) is 0.791. The zero-order valence-corrected chi connectivity index (χ0v) is 10.0. The van der Waals surface area contributed by atoms with Crippen LogP contribution >= 0.6 is 11.6 Å². The van der Waals surface area contributed by atoms with Crippen LogP contribution in [-0.2, 0) is 9.53 Å². The minimum Gasteiger partial charge on any atom is -0.374 e. The van der Waals surface area contributed by atoms with Gasteiger partial charge in [0.15, 0.2) is 5.78 Å². The molecule has 0 aromatic heterocycles. The highest BCUT2D eigenvalue weighted by Crippen LogP contribution is 2.34. The molecule has 0 spiro atoms. The molecule has 0 radical (unpaired) electrons. The first kappa shape index (κ1) is 11.6. The molecule has 0 heterocycles. The van der Waals surface area contributed by atoms with Crippen molar-refractivity contribution in [2.24, 2.45) is 0 Å². The van der Waals surface area contributed by atoms with E-state index in [0.29, 0.717) is 5.02 Å². The smallest absolute Gasteiger partial charge is 0.169 e. The van der Waals surface area contributed by atoms with E-state index in [1.165, 1.54) is 0 Å². The standard InChI is InChI=1S/C13H15ClO2/c1-16-12-8-4-6-10(13(12)15)9-5-2-3-7-11(9)14/h2-3,5,7,10,12H,4,6,8H2,1H3. The Balaban J connectivity index is 2.27. The van der Waals surface area contributed by atoms with Gasteiger partial charge >= 0.3 is 0 Å². The first-order valence-electron chi connectivity index (χ1n) is 5.55. The Morgan fingerprint density at radius 1 is 1.31 bits per heavy atom. The molecule has 0 N–H and O–H groups in total. The SMILES string of the molecule is COC1CCCC(c2ccccc2Cl)C1=O. The van der Waals surface area contributed by atoms with Crippen LogP contribution in [0.1, 0.15) is 30.7 Å². The van der Waals surface area contributed by atoms with Crippen molar-refractivity contribution in [3.05, 3.63) is 34.9 Å². The van der Waals surface area contributed by atoms with Gasteiger partial charge in [0.05, 0.1) is 0 Å². The van der Waals surface area contributed by atoms with Gasteiger partial charge in [-0.3, -0.25) is 4.79 Å². The average molecular weight is 239 g/mol. The van der Waals surface area contributed by atoms with Gasteiger partial charge in [-0.05, 0) is 30.9 Å². The van der Waals surface area contributed by atoms with Crippen molar-refractivity contribution >= 4 is 17.4 Å². The summed E-state index contributed by atoms with van der Waals surface area (Å²) in [6.45, 7) is 0. The van der Waals surface area contributed by atoms with Crippen LogP contribution in [0.25, 0.3) is 0 Å². The van der Waals surface area contributed by atoms with Crippen molar-refractivity contribution in [2.45, 2.75) is 31.3 Å². The van der Waals surface area contributed by atoms with Crippen LogP contribution in [0, 0.1) is 0 Å². The molecule has 0 saturated heterocycles. The van der Waals surface area contributed by atoms with Crippen LogP contribution in [-0.4, -0.2) is 19.0 Å². The molecule has 2 unspecified atom stereocenters. The number of ketones is 1. The topological polar surface area (TPSA) is 26.3 Å². The fourth-order valence-corrected chi connectivity index (χ4v) is 2.58. The van der Waals surface area contributed by atoms with Crippen LogP contribution in [0.5, 0.6) is 0 Å². The van der Waals surface area contributed by atoms with Crippen LogP contribution < -0.4 is 0 Å². The van der Waals surface area contributed by atoms with E-state index < -0.39 is 0 Å². The maximum absolute atomic E-state index is 12.1. The summed E-state index contributed by atoms with van der Waals surface area (Å²) in [4.78, 5) is 12.1. The first-order chi connectivity index (χ1) is 7.74. The molecule has 0 bridgehead atoms. The predicted molar refractivity (Wildman–Crippen MR) is 63.8 cm³/mol. The number of hydrogen-bond donors (Lipinski definition) is 0. The van der Waals surface area contributed by atoms with Crippen LogP contribution in [0.15, 0.2) is 24.3 Å². The Hall–Kier alpha value is -0.860. The van der Waals surface area contributed by atoms with Gasteiger partial charge in [-0.25, -0.2) is 0 Å². The largest absolute Gasteiger partial charge is 0.374 e. The molecule has 2 rings (SSSR count). The van der Waals surface area contributed by atoms with Crippen molar-refractivity contribution in [1.29, 1.82) is 0 Å². The van der Waals surface area contributed by atoms with Crippen molar-refractivity contribution in [2.75, 3.05) is 7.11 Å². The number of carbonyl (C=O) groups is 1. The zero-order valence-electron chi connectivity index (χ0n) is 9.28. The number of halogens is 1. The molecule has 3 heteroatoms. The van der Waals surface area contributed by atoms with E-state index in [1.54, 1.807) is 7.11 Å². The first-order valence-corrected chi connectivity index (χ1v) is 5.92. The van der Waals surface area contributed by atoms with E-state index in [2.05, 4.69) is 0 Å². The Bertz CT molecular complexity index is 389. The number of rotatable bonds is 2. The van der Waals surface area contributed by atoms with Crippen LogP contribution in [0.3, 0.4) is 0 Å². The minimum atomic E-state index is -0.255. The van der Waals surface area contributed by atoms with Gasteiger partial charge in [-0.15, -0.1) is 0 Å². The molecule has 1 fully saturated rings. The van der Waals surface area contributed by atoms with Crippen LogP contribution in [0.4, 0.5) is 0 Å². The Labute approximate surface area is 101 Å². The fraction of sp³-hybridized carbons (Fsp3) is 0.462. The summed E-state index contributed by atoms with van der Waals surface area (Å²) in [5.41, 5.74) is 0.941. The predicted octanol–water partition coefficient (Wildman–Crippen LogP) is 3.19. The van der Waals surface area contributed by atoms with E-state index in [-0.39, 0.29) is 17.8 Å². The average Bonchev–Trinajstić information content (AvgIpc) is 2.31. The number of methoxy groups -OCH3 is 1. The summed E-state index contributed by atoms with van der Waals surface area (Å²) in [6, 6.07) is 7.57. The van der Waals surface area contributed by atoms with E-state index in [9.17, 15) is 4.79 Å². The lowest BCUT2D eigenvalue weighted by Gasteiger charge is -2.27. The molecule has 1 aromatic carbocycles. The summed E-state index contributed by atoms with van der Waals surface area (Å²) in [7, 11) is 1.59. The van der Waals surface area contributed by atoms with E-state index in [4.69, 9.17) is 16.3 Å². The third kappa shape index (κ3) is 2.13. The molecule has 0 amide bonds. The van der Waals surface area contributed by atoms with Gasteiger partial charge in [0.25, 0.3) is 0 Å². The summed E-state index contributed by atoms with van der Waals surface area (Å²) in [5, 5.41) is 0.678. The molecule has 2 nitrogen and oxygen atoms in total. The number of hydrogen-bond acceptors (Lipinski definition) is 2. The van der Waals surface area contributed by atoms with Gasteiger partial charge in [-0.2, -0.15) is 0 Å². The summed E-state index contributed by atoms with van der Waals surface area (Å²) in [5.74, 6) is 0.0780.